The minimum Gasteiger partial charge on any atom is -0.458 e. The molecule has 0 amide bonds. The van der Waals surface area contributed by atoms with Crippen molar-refractivity contribution >= 4 is 17.5 Å². The number of aliphatic hydroxyl groups excluding tert-OH is 1. The number of rotatable bonds is 3. The Labute approximate surface area is 173 Å². The zero-order valence-electron chi connectivity index (χ0n) is 18.1. The molecule has 0 saturated heterocycles. The van der Waals surface area contributed by atoms with Crippen LogP contribution in [0.25, 0.3) is 0 Å². The van der Waals surface area contributed by atoms with Crippen molar-refractivity contribution in [3.8, 4) is 0 Å². The summed E-state index contributed by atoms with van der Waals surface area (Å²) >= 11 is 0. The summed E-state index contributed by atoms with van der Waals surface area (Å²) in [5, 5.41) is 11.6. The lowest BCUT2D eigenvalue weighted by Gasteiger charge is -2.66. The Hall–Kier alpha value is -1.49. The van der Waals surface area contributed by atoms with Gasteiger partial charge in [-0.3, -0.25) is 14.4 Å². The molecule has 160 valence electrons. The zero-order chi connectivity index (χ0) is 21.2. The van der Waals surface area contributed by atoms with Crippen LogP contribution in [-0.2, 0) is 19.1 Å². The summed E-state index contributed by atoms with van der Waals surface area (Å²) in [6, 6.07) is 0. The maximum Gasteiger partial charge on any atom is 0.303 e. The van der Waals surface area contributed by atoms with Gasteiger partial charge in [0.25, 0.3) is 0 Å². The van der Waals surface area contributed by atoms with Crippen molar-refractivity contribution in [2.45, 2.75) is 78.7 Å². The summed E-state index contributed by atoms with van der Waals surface area (Å²) in [6.07, 6.45) is 6.95. The Morgan fingerprint density at radius 2 is 1.86 bits per heavy atom. The number of allylic oxidation sites excluding steroid dienone is 1. The van der Waals surface area contributed by atoms with Gasteiger partial charge in [-0.15, -0.1) is 0 Å². The van der Waals surface area contributed by atoms with E-state index in [0.29, 0.717) is 24.7 Å². The van der Waals surface area contributed by atoms with Crippen LogP contribution in [0.5, 0.6) is 0 Å². The lowest BCUT2D eigenvalue weighted by atomic mass is 9.39. The number of hydrogen-bond donors (Lipinski definition) is 1. The third-order valence-corrected chi connectivity index (χ3v) is 9.63. The molecule has 4 rings (SSSR count). The van der Waals surface area contributed by atoms with Crippen LogP contribution in [0.2, 0.25) is 0 Å². The molecule has 0 aromatic rings. The summed E-state index contributed by atoms with van der Waals surface area (Å²) in [7, 11) is 0. The van der Waals surface area contributed by atoms with E-state index in [4.69, 9.17) is 4.74 Å². The van der Waals surface area contributed by atoms with Crippen molar-refractivity contribution in [3.63, 3.8) is 0 Å². The number of ketones is 2. The largest absolute Gasteiger partial charge is 0.458 e. The number of fused-ring (bicyclic) bond motifs is 5. The Bertz CT molecular complexity index is 784. The molecule has 0 heterocycles. The van der Waals surface area contributed by atoms with Crippen LogP contribution in [0.3, 0.4) is 0 Å². The van der Waals surface area contributed by atoms with Crippen LogP contribution < -0.4 is 0 Å². The van der Waals surface area contributed by atoms with Crippen molar-refractivity contribution in [1.29, 1.82) is 0 Å². The van der Waals surface area contributed by atoms with E-state index in [1.807, 2.05) is 6.08 Å². The molecule has 0 spiro atoms. The first-order valence-electron chi connectivity index (χ1n) is 11.1. The van der Waals surface area contributed by atoms with E-state index in [9.17, 15) is 19.5 Å². The average Bonchev–Trinajstić information content (AvgIpc) is 2.98. The van der Waals surface area contributed by atoms with E-state index in [-0.39, 0.29) is 40.3 Å². The predicted octanol–water partition coefficient (Wildman–Crippen LogP) is 3.63. The molecule has 7 unspecified atom stereocenters. The van der Waals surface area contributed by atoms with Gasteiger partial charge in [-0.1, -0.05) is 26.3 Å². The summed E-state index contributed by atoms with van der Waals surface area (Å²) in [5.41, 5.74) is 0.513. The van der Waals surface area contributed by atoms with Crippen LogP contribution >= 0.6 is 0 Å². The number of hydrogen-bond acceptors (Lipinski definition) is 5. The molecule has 4 aliphatic carbocycles. The quantitative estimate of drug-likeness (QED) is 0.729. The highest BCUT2D eigenvalue weighted by molar-refractivity contribution is 5.91. The molecular formula is C24H34O5. The van der Waals surface area contributed by atoms with Crippen LogP contribution in [0.15, 0.2) is 11.6 Å². The highest BCUT2D eigenvalue weighted by Crippen LogP contribution is 2.71. The Morgan fingerprint density at radius 1 is 1.14 bits per heavy atom. The fraction of sp³-hybridized carbons (Fsp3) is 0.792. The molecule has 0 radical (unpaired) electrons. The molecule has 1 N–H and O–H groups in total. The normalized spacial score (nSPS) is 46.2. The highest BCUT2D eigenvalue weighted by atomic mass is 16.5. The fourth-order valence-corrected chi connectivity index (χ4v) is 7.83. The first-order chi connectivity index (χ1) is 13.5. The van der Waals surface area contributed by atoms with Crippen LogP contribution in [0.1, 0.15) is 72.6 Å². The maximum atomic E-state index is 12.9. The molecule has 3 fully saturated rings. The second-order valence-corrected chi connectivity index (χ2v) is 10.6. The highest BCUT2D eigenvalue weighted by Gasteiger charge is 2.68. The van der Waals surface area contributed by atoms with Crippen LogP contribution in [0.4, 0.5) is 0 Å². The van der Waals surface area contributed by atoms with E-state index < -0.39 is 12.1 Å². The average molecular weight is 403 g/mol. The topological polar surface area (TPSA) is 80.7 Å². The zero-order valence-corrected chi connectivity index (χ0v) is 18.1. The lowest BCUT2D eigenvalue weighted by Crippen LogP contribution is -2.63. The molecule has 0 aromatic carbocycles. The summed E-state index contributed by atoms with van der Waals surface area (Å²) in [5.74, 6) is 0.319. The SMILES string of the molecule is CC(=O)OCC(=O)C1CCC2C3CCC4=CC(=O)CCC4(C)C3(C)C(O)CC12C. The van der Waals surface area contributed by atoms with E-state index in [2.05, 4.69) is 20.8 Å². The Kier molecular flexibility index (Phi) is 4.84. The van der Waals surface area contributed by atoms with Gasteiger partial charge in [-0.2, -0.15) is 0 Å². The molecule has 3 saturated carbocycles. The molecule has 0 aliphatic heterocycles. The van der Waals surface area contributed by atoms with Crippen LogP contribution in [0, 0.1) is 34.0 Å². The first-order valence-corrected chi connectivity index (χ1v) is 11.1. The van der Waals surface area contributed by atoms with Gasteiger partial charge in [0, 0.05) is 24.7 Å². The summed E-state index contributed by atoms with van der Waals surface area (Å²) in [4.78, 5) is 36.1. The number of carbonyl (C=O) groups is 3. The summed E-state index contributed by atoms with van der Waals surface area (Å²) in [6.45, 7) is 7.82. The predicted molar refractivity (Wildman–Crippen MR) is 108 cm³/mol. The monoisotopic (exact) mass is 402 g/mol. The first kappa shape index (κ1) is 20.8. The van der Waals surface area contributed by atoms with Gasteiger partial charge in [0.15, 0.2) is 11.6 Å². The van der Waals surface area contributed by atoms with Gasteiger partial charge in [0.2, 0.25) is 0 Å². The molecule has 0 bridgehead atoms. The standard InChI is InChI=1S/C24H34O5/c1-14(25)29-13-20(27)19-8-7-17-18-6-5-15-11-16(26)9-10-23(15,3)24(18,4)21(28)12-22(17,19)2/h11,17-19,21,28H,5-10,12-13H2,1-4H3. The van der Waals surface area contributed by atoms with Gasteiger partial charge >= 0.3 is 5.97 Å². The second kappa shape index (κ2) is 6.76. The lowest BCUT2D eigenvalue weighted by molar-refractivity contribution is -0.191. The van der Waals surface area contributed by atoms with Crippen molar-refractivity contribution in [2.24, 2.45) is 34.0 Å². The van der Waals surface area contributed by atoms with E-state index >= 15 is 0 Å². The minimum atomic E-state index is -0.516. The maximum absolute atomic E-state index is 12.9. The number of carbonyl (C=O) groups excluding carboxylic acids is 3. The third kappa shape index (κ3) is 2.79. The Morgan fingerprint density at radius 3 is 2.55 bits per heavy atom. The van der Waals surface area contributed by atoms with Gasteiger partial charge in [0.1, 0.15) is 6.61 Å². The van der Waals surface area contributed by atoms with Crippen molar-refractivity contribution in [2.75, 3.05) is 6.61 Å². The van der Waals surface area contributed by atoms with Crippen LogP contribution in [-0.4, -0.2) is 35.4 Å². The van der Waals surface area contributed by atoms with Gasteiger partial charge in [-0.25, -0.2) is 0 Å². The number of aliphatic hydroxyl groups is 1. The van der Waals surface area contributed by atoms with Gasteiger partial charge in [0.05, 0.1) is 6.10 Å². The van der Waals surface area contributed by atoms with Crippen molar-refractivity contribution in [3.05, 3.63) is 11.6 Å². The molecule has 29 heavy (non-hydrogen) atoms. The number of ether oxygens (including phenoxy) is 1. The Balaban J connectivity index is 1.66. The smallest absolute Gasteiger partial charge is 0.303 e. The van der Waals surface area contributed by atoms with E-state index in [1.165, 1.54) is 12.5 Å². The molecule has 5 nitrogen and oxygen atoms in total. The second-order valence-electron chi connectivity index (χ2n) is 10.6. The van der Waals surface area contributed by atoms with E-state index in [1.54, 1.807) is 0 Å². The van der Waals surface area contributed by atoms with Gasteiger partial charge < -0.3 is 9.84 Å². The third-order valence-electron chi connectivity index (χ3n) is 9.63. The fourth-order valence-electron chi connectivity index (χ4n) is 7.83. The molecule has 7 atom stereocenters. The molecule has 4 aliphatic rings. The number of esters is 1. The molecular weight excluding hydrogens is 368 g/mol. The molecule has 0 aromatic heterocycles. The minimum absolute atomic E-state index is 0.00753. The van der Waals surface area contributed by atoms with E-state index in [0.717, 1.165) is 32.1 Å². The number of Topliss-reactive ketones (excluding diaryl/α,β-unsaturated/α-hetero) is 1. The molecule has 5 heteroatoms. The van der Waals surface area contributed by atoms with Crippen molar-refractivity contribution in [1.82, 2.24) is 0 Å². The summed E-state index contributed by atoms with van der Waals surface area (Å²) < 4.78 is 5.00. The van der Waals surface area contributed by atoms with Crippen molar-refractivity contribution < 1.29 is 24.2 Å². The van der Waals surface area contributed by atoms with Gasteiger partial charge in [-0.05, 0) is 67.3 Å².